The van der Waals surface area contributed by atoms with Gasteiger partial charge < -0.3 is 19.9 Å². The molecule has 1 aliphatic heterocycles. The van der Waals surface area contributed by atoms with E-state index in [1.165, 1.54) is 19.1 Å². The standard InChI is InChI=1S/C19H18FNO5/c1-11(19(23)24)26-17-7-6-12(10-15(17)20)21-18(22)14-8-9-25-16-5-3-2-4-13(14)16/h2-7,10-11,14H,8-9H2,1H3,(H,21,22)(H,23,24). The number of hydrogen-bond donors (Lipinski definition) is 2. The summed E-state index contributed by atoms with van der Waals surface area (Å²) in [6.45, 7) is 1.74. The Labute approximate surface area is 149 Å². The van der Waals surface area contributed by atoms with Crippen molar-refractivity contribution in [2.24, 2.45) is 0 Å². The Morgan fingerprint density at radius 1 is 1.31 bits per heavy atom. The third-order valence-electron chi connectivity index (χ3n) is 4.13. The van der Waals surface area contributed by atoms with Gasteiger partial charge in [0.05, 0.1) is 12.5 Å². The van der Waals surface area contributed by atoms with Crippen LogP contribution >= 0.6 is 0 Å². The van der Waals surface area contributed by atoms with E-state index >= 15 is 0 Å². The van der Waals surface area contributed by atoms with Crippen molar-refractivity contribution < 1.29 is 28.6 Å². The Balaban J connectivity index is 1.73. The van der Waals surface area contributed by atoms with Crippen LogP contribution in [0, 0.1) is 5.82 Å². The summed E-state index contributed by atoms with van der Waals surface area (Å²) < 4.78 is 24.7. The molecule has 0 aliphatic carbocycles. The summed E-state index contributed by atoms with van der Waals surface area (Å²) in [5.74, 6) is -2.09. The van der Waals surface area contributed by atoms with Crippen LogP contribution in [0.15, 0.2) is 42.5 Å². The molecule has 0 spiro atoms. The van der Waals surface area contributed by atoms with Crippen LogP contribution in [-0.4, -0.2) is 29.7 Å². The SMILES string of the molecule is CC(Oc1ccc(NC(=O)C2CCOc3ccccc32)cc1F)C(=O)O. The van der Waals surface area contributed by atoms with Gasteiger partial charge in [-0.2, -0.15) is 0 Å². The van der Waals surface area contributed by atoms with Crippen molar-refractivity contribution in [1.82, 2.24) is 0 Å². The number of aliphatic carboxylic acids is 1. The number of hydrogen-bond acceptors (Lipinski definition) is 4. The van der Waals surface area contributed by atoms with Gasteiger partial charge in [0, 0.05) is 17.3 Å². The molecule has 1 heterocycles. The van der Waals surface area contributed by atoms with Crippen molar-refractivity contribution in [2.45, 2.75) is 25.4 Å². The molecule has 1 amide bonds. The molecule has 3 rings (SSSR count). The van der Waals surface area contributed by atoms with Gasteiger partial charge in [0.25, 0.3) is 0 Å². The van der Waals surface area contributed by atoms with Crippen LogP contribution in [0.2, 0.25) is 0 Å². The molecule has 0 radical (unpaired) electrons. The molecule has 1 aliphatic rings. The quantitative estimate of drug-likeness (QED) is 0.856. The number of amides is 1. The Morgan fingerprint density at radius 3 is 2.81 bits per heavy atom. The van der Waals surface area contributed by atoms with E-state index in [1.54, 1.807) is 0 Å². The van der Waals surface area contributed by atoms with Crippen molar-refractivity contribution in [2.75, 3.05) is 11.9 Å². The molecule has 0 saturated carbocycles. The van der Waals surface area contributed by atoms with Gasteiger partial charge in [0.2, 0.25) is 5.91 Å². The molecule has 136 valence electrons. The lowest BCUT2D eigenvalue weighted by molar-refractivity contribution is -0.144. The average Bonchev–Trinajstić information content (AvgIpc) is 2.63. The van der Waals surface area contributed by atoms with Crippen molar-refractivity contribution in [3.63, 3.8) is 0 Å². The molecule has 0 bridgehead atoms. The highest BCUT2D eigenvalue weighted by Gasteiger charge is 2.27. The van der Waals surface area contributed by atoms with Gasteiger partial charge in [0.1, 0.15) is 5.75 Å². The van der Waals surface area contributed by atoms with Gasteiger partial charge in [-0.25, -0.2) is 9.18 Å². The first-order chi connectivity index (χ1) is 12.5. The van der Waals surface area contributed by atoms with Crippen LogP contribution in [0.5, 0.6) is 11.5 Å². The molecule has 0 fully saturated rings. The monoisotopic (exact) mass is 359 g/mol. The normalized spacial score (nSPS) is 16.8. The maximum absolute atomic E-state index is 14.1. The predicted molar refractivity (Wildman–Crippen MR) is 92.1 cm³/mol. The van der Waals surface area contributed by atoms with E-state index in [-0.39, 0.29) is 23.3 Å². The number of carboxylic acid groups (broad SMARTS) is 1. The molecule has 2 atom stereocenters. The zero-order valence-electron chi connectivity index (χ0n) is 14.1. The Morgan fingerprint density at radius 2 is 2.08 bits per heavy atom. The minimum atomic E-state index is -1.19. The molecule has 7 heteroatoms. The van der Waals surface area contributed by atoms with E-state index in [0.717, 1.165) is 11.6 Å². The largest absolute Gasteiger partial charge is 0.493 e. The lowest BCUT2D eigenvalue weighted by Gasteiger charge is -2.25. The number of fused-ring (bicyclic) bond motifs is 1. The fourth-order valence-corrected chi connectivity index (χ4v) is 2.76. The van der Waals surface area contributed by atoms with Gasteiger partial charge in [0.15, 0.2) is 17.7 Å². The molecule has 2 N–H and O–H groups in total. The highest BCUT2D eigenvalue weighted by atomic mass is 19.1. The summed E-state index contributed by atoms with van der Waals surface area (Å²) >= 11 is 0. The van der Waals surface area contributed by atoms with Gasteiger partial charge in [-0.1, -0.05) is 18.2 Å². The molecule has 0 saturated heterocycles. The number of benzene rings is 2. The van der Waals surface area contributed by atoms with Crippen LogP contribution in [0.25, 0.3) is 0 Å². The number of carboxylic acids is 1. The number of rotatable bonds is 5. The molecule has 6 nitrogen and oxygen atoms in total. The second-order valence-corrected chi connectivity index (χ2v) is 5.96. The number of anilines is 1. The van der Waals surface area contributed by atoms with Gasteiger partial charge in [-0.3, -0.25) is 4.79 Å². The topological polar surface area (TPSA) is 84.9 Å². The number of ether oxygens (including phenoxy) is 2. The number of para-hydroxylation sites is 1. The maximum atomic E-state index is 14.1. The molecule has 2 aromatic carbocycles. The summed E-state index contributed by atoms with van der Waals surface area (Å²) in [6, 6.07) is 11.2. The lowest BCUT2D eigenvalue weighted by Crippen LogP contribution is -2.26. The summed E-state index contributed by atoms with van der Waals surface area (Å²) in [6.07, 6.45) is -0.647. The van der Waals surface area contributed by atoms with Crippen molar-refractivity contribution in [3.05, 3.63) is 53.8 Å². The van der Waals surface area contributed by atoms with E-state index in [0.29, 0.717) is 18.8 Å². The van der Waals surface area contributed by atoms with E-state index in [9.17, 15) is 14.0 Å². The third-order valence-corrected chi connectivity index (χ3v) is 4.13. The van der Waals surface area contributed by atoms with E-state index in [1.807, 2.05) is 24.3 Å². The smallest absolute Gasteiger partial charge is 0.344 e. The van der Waals surface area contributed by atoms with Gasteiger partial charge >= 0.3 is 5.97 Å². The van der Waals surface area contributed by atoms with Crippen molar-refractivity contribution >= 4 is 17.6 Å². The lowest BCUT2D eigenvalue weighted by atomic mass is 9.92. The highest BCUT2D eigenvalue weighted by Crippen LogP contribution is 2.34. The number of nitrogens with one attached hydrogen (secondary N) is 1. The van der Waals surface area contributed by atoms with Crippen LogP contribution in [0.4, 0.5) is 10.1 Å². The third kappa shape index (κ3) is 3.77. The Kier molecular flexibility index (Phi) is 5.06. The number of carbonyl (C=O) groups is 2. The Hall–Kier alpha value is -3.09. The molecular formula is C19H18FNO5. The van der Waals surface area contributed by atoms with Crippen LogP contribution in [0.1, 0.15) is 24.8 Å². The minimum Gasteiger partial charge on any atom is -0.493 e. The zero-order valence-corrected chi connectivity index (χ0v) is 14.1. The van der Waals surface area contributed by atoms with Gasteiger partial charge in [-0.15, -0.1) is 0 Å². The predicted octanol–water partition coefficient (Wildman–Crippen LogP) is 3.18. The first-order valence-corrected chi connectivity index (χ1v) is 8.17. The summed E-state index contributed by atoms with van der Waals surface area (Å²) in [7, 11) is 0. The summed E-state index contributed by atoms with van der Waals surface area (Å²) in [5, 5.41) is 11.5. The summed E-state index contributed by atoms with van der Waals surface area (Å²) in [5.41, 5.74) is 1.07. The maximum Gasteiger partial charge on any atom is 0.344 e. The zero-order chi connectivity index (χ0) is 18.7. The fourth-order valence-electron chi connectivity index (χ4n) is 2.76. The second kappa shape index (κ2) is 7.43. The first-order valence-electron chi connectivity index (χ1n) is 8.17. The molecule has 0 aromatic heterocycles. The molecule has 26 heavy (non-hydrogen) atoms. The minimum absolute atomic E-state index is 0.186. The molecule has 2 unspecified atom stereocenters. The van der Waals surface area contributed by atoms with Gasteiger partial charge in [-0.05, 0) is 31.5 Å². The Bertz CT molecular complexity index is 838. The van der Waals surface area contributed by atoms with Crippen molar-refractivity contribution in [3.8, 4) is 11.5 Å². The highest BCUT2D eigenvalue weighted by molar-refractivity contribution is 5.96. The first kappa shape index (κ1) is 17.7. The average molecular weight is 359 g/mol. The van der Waals surface area contributed by atoms with Crippen molar-refractivity contribution in [1.29, 1.82) is 0 Å². The van der Waals surface area contributed by atoms with E-state index in [4.69, 9.17) is 14.6 Å². The molecular weight excluding hydrogens is 341 g/mol. The number of halogens is 1. The number of carbonyl (C=O) groups excluding carboxylic acids is 1. The summed E-state index contributed by atoms with van der Waals surface area (Å²) in [4.78, 5) is 23.4. The second-order valence-electron chi connectivity index (χ2n) is 5.96. The van der Waals surface area contributed by atoms with Crippen LogP contribution in [-0.2, 0) is 9.59 Å². The van der Waals surface area contributed by atoms with E-state index in [2.05, 4.69) is 5.32 Å². The van der Waals surface area contributed by atoms with Crippen LogP contribution in [0.3, 0.4) is 0 Å². The van der Waals surface area contributed by atoms with E-state index < -0.39 is 17.9 Å². The molecule has 2 aromatic rings. The fraction of sp³-hybridized carbons (Fsp3) is 0.263. The van der Waals surface area contributed by atoms with Crippen LogP contribution < -0.4 is 14.8 Å².